The fourth-order valence-corrected chi connectivity index (χ4v) is 3.45. The Morgan fingerprint density at radius 3 is 2.25 bits per heavy atom. The van der Waals surface area contributed by atoms with Crippen LogP contribution in [0.4, 0.5) is 18.9 Å². The highest BCUT2D eigenvalue weighted by molar-refractivity contribution is 5.94. The van der Waals surface area contributed by atoms with Gasteiger partial charge in [-0.25, -0.2) is 0 Å². The van der Waals surface area contributed by atoms with Gasteiger partial charge in [-0.3, -0.25) is 9.69 Å². The van der Waals surface area contributed by atoms with Crippen LogP contribution in [0.5, 0.6) is 5.75 Å². The number of amides is 1. The minimum Gasteiger partial charge on any atom is -0.406 e. The van der Waals surface area contributed by atoms with Crippen LogP contribution in [0, 0.1) is 5.92 Å². The molecule has 7 heteroatoms. The van der Waals surface area contributed by atoms with Gasteiger partial charge in [-0.05, 0) is 55.8 Å². The summed E-state index contributed by atoms with van der Waals surface area (Å²) < 4.78 is 40.6. The normalized spacial score (nSPS) is 16.0. The highest BCUT2D eigenvalue weighted by Crippen LogP contribution is 2.27. The van der Waals surface area contributed by atoms with E-state index in [0.717, 1.165) is 32.5 Å². The van der Waals surface area contributed by atoms with E-state index in [0.29, 0.717) is 5.69 Å². The molecular weight excluding hydrogens is 369 g/mol. The van der Waals surface area contributed by atoms with Crippen LogP contribution < -0.4 is 9.64 Å². The van der Waals surface area contributed by atoms with Crippen molar-refractivity contribution < 1.29 is 22.7 Å². The van der Waals surface area contributed by atoms with Crippen LogP contribution in [0.15, 0.2) is 54.6 Å². The summed E-state index contributed by atoms with van der Waals surface area (Å²) >= 11 is 0. The van der Waals surface area contributed by atoms with E-state index in [1.54, 1.807) is 7.05 Å². The number of benzene rings is 2. The average Bonchev–Trinajstić information content (AvgIpc) is 2.68. The number of alkyl halides is 3. The quantitative estimate of drug-likeness (QED) is 0.753. The van der Waals surface area contributed by atoms with Gasteiger partial charge in [0.2, 0.25) is 5.91 Å². The summed E-state index contributed by atoms with van der Waals surface area (Å²) in [6.45, 7) is 2.56. The molecule has 2 aromatic rings. The minimum atomic E-state index is -4.73. The molecular formula is C21H23F3N2O2. The van der Waals surface area contributed by atoms with Gasteiger partial charge in [-0.15, -0.1) is 13.2 Å². The van der Waals surface area contributed by atoms with Crippen LogP contribution in [-0.4, -0.2) is 37.3 Å². The fraction of sp³-hybridized carbons (Fsp3) is 0.381. The zero-order valence-corrected chi connectivity index (χ0v) is 15.7. The van der Waals surface area contributed by atoms with E-state index < -0.39 is 6.36 Å². The summed E-state index contributed by atoms with van der Waals surface area (Å²) in [7, 11) is 1.65. The lowest BCUT2D eigenvalue weighted by molar-refractivity contribution is -0.274. The van der Waals surface area contributed by atoms with Crippen LogP contribution in [-0.2, 0) is 11.3 Å². The molecule has 1 amide bonds. The Labute approximate surface area is 162 Å². The average molecular weight is 392 g/mol. The molecule has 4 nitrogen and oxygen atoms in total. The minimum absolute atomic E-state index is 0.0103. The van der Waals surface area contributed by atoms with Crippen molar-refractivity contribution in [2.24, 2.45) is 5.92 Å². The largest absolute Gasteiger partial charge is 0.573 e. The van der Waals surface area contributed by atoms with Gasteiger partial charge in [-0.1, -0.05) is 30.3 Å². The van der Waals surface area contributed by atoms with Crippen LogP contribution in [0.3, 0.4) is 0 Å². The molecule has 150 valence electrons. The Hall–Kier alpha value is -2.54. The molecule has 1 aliphatic heterocycles. The Bertz CT molecular complexity index is 770. The van der Waals surface area contributed by atoms with Crippen molar-refractivity contribution in [2.75, 3.05) is 25.0 Å². The van der Waals surface area contributed by atoms with Crippen molar-refractivity contribution in [1.82, 2.24) is 4.90 Å². The third kappa shape index (κ3) is 5.48. The number of carbonyl (C=O) groups is 1. The standard InChI is InChI=1S/C21H23F3N2O2/c1-25(18-7-9-19(10-8-18)28-21(22,23)24)20(27)17-11-13-26(14-12-17)15-16-5-3-2-4-6-16/h2-10,17H,11-15H2,1H3. The van der Waals surface area contributed by atoms with E-state index in [-0.39, 0.29) is 17.6 Å². The zero-order valence-electron chi connectivity index (χ0n) is 15.7. The Balaban J connectivity index is 1.53. The smallest absolute Gasteiger partial charge is 0.406 e. The molecule has 1 aliphatic rings. The van der Waals surface area contributed by atoms with Crippen LogP contribution in [0.25, 0.3) is 0 Å². The molecule has 0 radical (unpaired) electrons. The maximum Gasteiger partial charge on any atom is 0.573 e. The van der Waals surface area contributed by atoms with Crippen molar-refractivity contribution in [3.63, 3.8) is 0 Å². The van der Waals surface area contributed by atoms with Crippen LogP contribution >= 0.6 is 0 Å². The van der Waals surface area contributed by atoms with Crippen molar-refractivity contribution >= 4 is 11.6 Å². The monoisotopic (exact) mass is 392 g/mol. The van der Waals surface area contributed by atoms with Crippen molar-refractivity contribution in [3.05, 3.63) is 60.2 Å². The Morgan fingerprint density at radius 1 is 1.07 bits per heavy atom. The maximum absolute atomic E-state index is 12.8. The van der Waals surface area contributed by atoms with Gasteiger partial charge >= 0.3 is 6.36 Å². The van der Waals surface area contributed by atoms with Crippen LogP contribution in [0.2, 0.25) is 0 Å². The summed E-state index contributed by atoms with van der Waals surface area (Å²) in [6, 6.07) is 15.6. The SMILES string of the molecule is CN(C(=O)C1CCN(Cc2ccccc2)CC1)c1ccc(OC(F)(F)F)cc1. The van der Waals surface area contributed by atoms with Gasteiger partial charge in [0.15, 0.2) is 0 Å². The Kier molecular flexibility index (Phi) is 6.24. The number of carbonyl (C=O) groups excluding carboxylic acids is 1. The lowest BCUT2D eigenvalue weighted by Crippen LogP contribution is -2.41. The molecule has 0 N–H and O–H groups in total. The van der Waals surface area contributed by atoms with Crippen molar-refractivity contribution in [2.45, 2.75) is 25.7 Å². The third-order valence-electron chi connectivity index (χ3n) is 4.97. The zero-order chi connectivity index (χ0) is 20.1. The number of nitrogens with zero attached hydrogens (tertiary/aromatic N) is 2. The first-order chi connectivity index (χ1) is 13.3. The second-order valence-corrected chi connectivity index (χ2v) is 6.97. The van der Waals surface area contributed by atoms with Crippen molar-refractivity contribution in [1.29, 1.82) is 0 Å². The number of ether oxygens (including phenoxy) is 1. The second kappa shape index (κ2) is 8.65. The molecule has 2 aromatic carbocycles. The first-order valence-electron chi connectivity index (χ1n) is 9.21. The topological polar surface area (TPSA) is 32.8 Å². The molecule has 0 aromatic heterocycles. The number of likely N-dealkylation sites (tertiary alicyclic amines) is 1. The fourth-order valence-electron chi connectivity index (χ4n) is 3.45. The number of hydrogen-bond acceptors (Lipinski definition) is 3. The lowest BCUT2D eigenvalue weighted by atomic mass is 9.95. The predicted octanol–water partition coefficient (Wildman–Crippen LogP) is 4.46. The van der Waals surface area contributed by atoms with E-state index >= 15 is 0 Å². The van der Waals surface area contributed by atoms with E-state index in [2.05, 4.69) is 21.8 Å². The molecule has 0 bridgehead atoms. The molecule has 28 heavy (non-hydrogen) atoms. The lowest BCUT2D eigenvalue weighted by Gasteiger charge is -2.33. The summed E-state index contributed by atoms with van der Waals surface area (Å²) in [4.78, 5) is 16.6. The predicted molar refractivity (Wildman–Crippen MR) is 101 cm³/mol. The van der Waals surface area contributed by atoms with Gasteiger partial charge in [0.05, 0.1) is 0 Å². The molecule has 3 rings (SSSR count). The summed E-state index contributed by atoms with van der Waals surface area (Å²) in [5.41, 5.74) is 1.80. The molecule has 0 aliphatic carbocycles. The third-order valence-corrected chi connectivity index (χ3v) is 4.97. The van der Waals surface area contributed by atoms with E-state index in [1.807, 2.05) is 18.2 Å². The van der Waals surface area contributed by atoms with Gasteiger partial charge < -0.3 is 9.64 Å². The number of piperidine rings is 1. The van der Waals surface area contributed by atoms with Gasteiger partial charge in [0, 0.05) is 25.2 Å². The van der Waals surface area contributed by atoms with Gasteiger partial charge in [0.1, 0.15) is 5.75 Å². The molecule has 1 fully saturated rings. The molecule has 1 heterocycles. The highest BCUT2D eigenvalue weighted by Gasteiger charge is 2.31. The number of halogens is 3. The first-order valence-corrected chi connectivity index (χ1v) is 9.21. The summed E-state index contributed by atoms with van der Waals surface area (Å²) in [6.07, 6.45) is -3.19. The van der Waals surface area contributed by atoms with Crippen molar-refractivity contribution in [3.8, 4) is 5.75 Å². The van der Waals surface area contributed by atoms with E-state index in [1.165, 1.54) is 34.7 Å². The first kappa shape index (κ1) is 20.2. The Morgan fingerprint density at radius 2 is 1.68 bits per heavy atom. The summed E-state index contributed by atoms with van der Waals surface area (Å²) in [5.74, 6) is -0.390. The molecule has 0 spiro atoms. The summed E-state index contributed by atoms with van der Waals surface area (Å²) in [5, 5.41) is 0. The molecule has 1 saturated heterocycles. The van der Waals surface area contributed by atoms with E-state index in [9.17, 15) is 18.0 Å². The molecule has 0 saturated carbocycles. The van der Waals surface area contributed by atoms with Crippen LogP contribution in [0.1, 0.15) is 18.4 Å². The highest BCUT2D eigenvalue weighted by atomic mass is 19.4. The van der Waals surface area contributed by atoms with E-state index in [4.69, 9.17) is 0 Å². The number of rotatable bonds is 5. The molecule has 0 atom stereocenters. The van der Waals surface area contributed by atoms with Gasteiger partial charge in [-0.2, -0.15) is 0 Å². The molecule has 0 unspecified atom stereocenters. The van der Waals surface area contributed by atoms with Gasteiger partial charge in [0.25, 0.3) is 0 Å². The number of hydrogen-bond donors (Lipinski definition) is 0. The second-order valence-electron chi connectivity index (χ2n) is 6.97. The number of anilines is 1. The maximum atomic E-state index is 12.8.